The van der Waals surface area contributed by atoms with Gasteiger partial charge in [-0.05, 0) is 68.0 Å². The number of amides is 1. The Kier molecular flexibility index (Phi) is 8.96. The van der Waals surface area contributed by atoms with Gasteiger partial charge in [0.15, 0.2) is 5.96 Å². The molecule has 0 saturated carbocycles. The highest BCUT2D eigenvalue weighted by molar-refractivity contribution is 5.94. The van der Waals surface area contributed by atoms with Crippen LogP contribution in [0.3, 0.4) is 0 Å². The first kappa shape index (κ1) is 23.6. The number of carbonyl (C=O) groups excluding carboxylic acids is 1. The fourth-order valence-electron chi connectivity index (χ4n) is 4.09. The minimum absolute atomic E-state index is 0.0604. The van der Waals surface area contributed by atoms with Crippen LogP contribution in [0, 0.1) is 0 Å². The zero-order valence-electron chi connectivity index (χ0n) is 19.7. The Bertz CT molecular complexity index is 887. The van der Waals surface area contributed by atoms with Crippen molar-refractivity contribution in [2.45, 2.75) is 39.2 Å². The number of rotatable bonds is 8. The predicted octanol–water partition coefficient (Wildman–Crippen LogP) is 3.68. The predicted molar refractivity (Wildman–Crippen MR) is 133 cm³/mol. The monoisotopic (exact) mass is 435 g/mol. The molecule has 6 nitrogen and oxygen atoms in total. The summed E-state index contributed by atoms with van der Waals surface area (Å²) >= 11 is 0. The Balaban J connectivity index is 1.58. The maximum atomic E-state index is 11.8. The van der Waals surface area contributed by atoms with Gasteiger partial charge in [-0.25, -0.2) is 0 Å². The van der Waals surface area contributed by atoms with Crippen LogP contribution in [0.2, 0.25) is 0 Å². The van der Waals surface area contributed by atoms with Crippen molar-refractivity contribution in [3.63, 3.8) is 0 Å². The second-order valence-electron chi connectivity index (χ2n) is 8.34. The molecule has 0 aromatic heterocycles. The number of benzene rings is 2. The highest BCUT2D eigenvalue weighted by atomic mass is 16.1. The van der Waals surface area contributed by atoms with Gasteiger partial charge < -0.3 is 20.4 Å². The summed E-state index contributed by atoms with van der Waals surface area (Å²) in [4.78, 5) is 21.3. The van der Waals surface area contributed by atoms with Crippen molar-refractivity contribution in [1.29, 1.82) is 0 Å². The summed E-state index contributed by atoms with van der Waals surface area (Å²) in [5.41, 5.74) is 4.40. The molecule has 0 atom stereocenters. The Labute approximate surface area is 192 Å². The molecule has 1 saturated heterocycles. The van der Waals surface area contributed by atoms with Gasteiger partial charge in [0.1, 0.15) is 0 Å². The third kappa shape index (κ3) is 6.74. The SMILES string of the molecule is CCNC(=NCCc1cccc(C(=O)NC)c1)N(C)Cc1ccc(N2CCCCC2)cc1. The maximum absolute atomic E-state index is 11.8. The first-order valence-electron chi connectivity index (χ1n) is 11.7. The van der Waals surface area contributed by atoms with Crippen molar-refractivity contribution in [3.8, 4) is 0 Å². The number of guanidine groups is 1. The molecule has 1 heterocycles. The minimum Gasteiger partial charge on any atom is -0.372 e. The minimum atomic E-state index is -0.0604. The summed E-state index contributed by atoms with van der Waals surface area (Å²) in [6.07, 6.45) is 4.73. The van der Waals surface area contributed by atoms with Gasteiger partial charge in [-0.1, -0.05) is 24.3 Å². The van der Waals surface area contributed by atoms with E-state index in [1.165, 1.54) is 43.6 Å². The van der Waals surface area contributed by atoms with Gasteiger partial charge in [-0.15, -0.1) is 0 Å². The molecular formula is C26H37N5O. The van der Waals surface area contributed by atoms with E-state index >= 15 is 0 Å². The molecule has 2 aromatic carbocycles. The molecule has 0 aliphatic carbocycles. The van der Waals surface area contributed by atoms with Crippen LogP contribution in [0.25, 0.3) is 0 Å². The molecule has 0 bridgehead atoms. The van der Waals surface area contributed by atoms with Crippen LogP contribution in [0.1, 0.15) is 47.7 Å². The van der Waals surface area contributed by atoms with E-state index in [1.807, 2.05) is 24.3 Å². The number of hydrogen-bond acceptors (Lipinski definition) is 3. The van der Waals surface area contributed by atoms with Crippen molar-refractivity contribution in [2.24, 2.45) is 4.99 Å². The number of anilines is 1. The summed E-state index contributed by atoms with van der Waals surface area (Å²) < 4.78 is 0. The average Bonchev–Trinajstić information content (AvgIpc) is 2.84. The van der Waals surface area contributed by atoms with Crippen LogP contribution in [-0.4, -0.2) is 57.0 Å². The second kappa shape index (κ2) is 12.1. The Morgan fingerprint density at radius 1 is 1.06 bits per heavy atom. The molecule has 2 N–H and O–H groups in total. The van der Waals surface area contributed by atoms with Gasteiger partial charge in [-0.2, -0.15) is 0 Å². The number of nitrogens with one attached hydrogen (secondary N) is 2. The standard InChI is InChI=1S/C26H37N5O/c1-4-28-26(29-16-15-21-9-8-10-23(19-21)25(32)27-2)30(3)20-22-11-13-24(14-12-22)31-17-6-5-7-18-31/h8-14,19H,4-7,15-18,20H2,1-3H3,(H,27,32)(H,28,29). The van der Waals surface area contributed by atoms with Crippen molar-refractivity contribution in [3.05, 3.63) is 65.2 Å². The molecule has 0 radical (unpaired) electrons. The van der Waals surface area contributed by atoms with E-state index in [0.717, 1.165) is 31.0 Å². The van der Waals surface area contributed by atoms with Crippen molar-refractivity contribution in [2.75, 3.05) is 45.2 Å². The summed E-state index contributed by atoms with van der Waals surface area (Å²) in [7, 11) is 3.73. The number of nitrogens with zero attached hydrogens (tertiary/aromatic N) is 3. The summed E-state index contributed by atoms with van der Waals surface area (Å²) in [6.45, 7) is 6.72. The number of piperidine rings is 1. The maximum Gasteiger partial charge on any atom is 0.251 e. The molecule has 3 rings (SSSR count). The molecule has 6 heteroatoms. The van der Waals surface area contributed by atoms with E-state index in [4.69, 9.17) is 4.99 Å². The lowest BCUT2D eigenvalue weighted by molar-refractivity contribution is 0.0963. The lowest BCUT2D eigenvalue weighted by Gasteiger charge is -2.29. The van der Waals surface area contributed by atoms with Gasteiger partial charge >= 0.3 is 0 Å². The summed E-state index contributed by atoms with van der Waals surface area (Å²) in [5.74, 6) is 0.838. The third-order valence-electron chi connectivity index (χ3n) is 5.85. The molecule has 172 valence electrons. The van der Waals surface area contributed by atoms with E-state index in [9.17, 15) is 4.79 Å². The van der Waals surface area contributed by atoms with Crippen LogP contribution in [-0.2, 0) is 13.0 Å². The lowest BCUT2D eigenvalue weighted by atomic mass is 10.1. The molecule has 1 fully saturated rings. The van der Waals surface area contributed by atoms with Gasteiger partial charge in [-0.3, -0.25) is 9.79 Å². The van der Waals surface area contributed by atoms with Crippen molar-refractivity contribution >= 4 is 17.6 Å². The van der Waals surface area contributed by atoms with Crippen LogP contribution in [0.5, 0.6) is 0 Å². The van der Waals surface area contributed by atoms with E-state index in [2.05, 4.69) is 58.7 Å². The highest BCUT2D eigenvalue weighted by Crippen LogP contribution is 2.20. The fourth-order valence-corrected chi connectivity index (χ4v) is 4.09. The molecule has 1 amide bonds. The molecule has 1 aliphatic rings. The Morgan fingerprint density at radius 2 is 1.81 bits per heavy atom. The third-order valence-corrected chi connectivity index (χ3v) is 5.85. The zero-order valence-corrected chi connectivity index (χ0v) is 19.7. The topological polar surface area (TPSA) is 60.0 Å². The highest BCUT2D eigenvalue weighted by Gasteiger charge is 2.12. The lowest BCUT2D eigenvalue weighted by Crippen LogP contribution is -2.38. The van der Waals surface area contributed by atoms with E-state index in [-0.39, 0.29) is 5.91 Å². The quantitative estimate of drug-likeness (QED) is 0.491. The summed E-state index contributed by atoms with van der Waals surface area (Å²) in [5, 5.41) is 6.07. The molecule has 32 heavy (non-hydrogen) atoms. The van der Waals surface area contributed by atoms with Crippen LogP contribution in [0.15, 0.2) is 53.5 Å². The smallest absolute Gasteiger partial charge is 0.251 e. The van der Waals surface area contributed by atoms with E-state index in [0.29, 0.717) is 12.1 Å². The van der Waals surface area contributed by atoms with Crippen LogP contribution in [0.4, 0.5) is 5.69 Å². The van der Waals surface area contributed by atoms with E-state index < -0.39 is 0 Å². The Hall–Kier alpha value is -3.02. The van der Waals surface area contributed by atoms with Gasteiger partial charge in [0, 0.05) is 58.1 Å². The number of carbonyl (C=O) groups is 1. The van der Waals surface area contributed by atoms with Crippen molar-refractivity contribution in [1.82, 2.24) is 15.5 Å². The zero-order chi connectivity index (χ0) is 22.8. The Morgan fingerprint density at radius 3 is 2.50 bits per heavy atom. The van der Waals surface area contributed by atoms with Gasteiger partial charge in [0.25, 0.3) is 5.91 Å². The van der Waals surface area contributed by atoms with Gasteiger partial charge in [0.05, 0.1) is 0 Å². The second-order valence-corrected chi connectivity index (χ2v) is 8.34. The largest absolute Gasteiger partial charge is 0.372 e. The number of hydrogen-bond donors (Lipinski definition) is 2. The summed E-state index contributed by atoms with van der Waals surface area (Å²) in [6, 6.07) is 16.7. The fraction of sp³-hybridized carbons (Fsp3) is 0.462. The first-order chi connectivity index (χ1) is 15.6. The average molecular weight is 436 g/mol. The first-order valence-corrected chi connectivity index (χ1v) is 11.7. The molecule has 1 aliphatic heterocycles. The van der Waals surface area contributed by atoms with Crippen molar-refractivity contribution < 1.29 is 4.79 Å². The molecule has 0 spiro atoms. The van der Waals surface area contributed by atoms with E-state index in [1.54, 1.807) is 7.05 Å². The van der Waals surface area contributed by atoms with Crippen LogP contribution >= 0.6 is 0 Å². The van der Waals surface area contributed by atoms with Crippen LogP contribution < -0.4 is 15.5 Å². The molecule has 2 aromatic rings. The number of aliphatic imine (C=N–C) groups is 1. The van der Waals surface area contributed by atoms with Gasteiger partial charge in [0.2, 0.25) is 0 Å². The molecular weight excluding hydrogens is 398 g/mol. The molecule has 0 unspecified atom stereocenters. The normalized spacial score (nSPS) is 14.2.